The Hall–Kier alpha value is -3.20. The number of nitrogens with one attached hydrogen (secondary N) is 1. The van der Waals surface area contributed by atoms with E-state index < -0.39 is 11.7 Å². The van der Waals surface area contributed by atoms with Gasteiger partial charge in [0.1, 0.15) is 0 Å². The van der Waals surface area contributed by atoms with Gasteiger partial charge in [-0.15, -0.1) is 0 Å². The van der Waals surface area contributed by atoms with Gasteiger partial charge in [-0.1, -0.05) is 35.6 Å². The molecule has 0 fully saturated rings. The lowest BCUT2D eigenvalue weighted by atomic mass is 10.2. The molecule has 1 aliphatic heterocycles. The highest BCUT2D eigenvalue weighted by Crippen LogP contribution is 2.27. The second kappa shape index (κ2) is 6.20. The molecule has 0 saturated heterocycles. The molecule has 2 aromatic carbocycles. The smallest absolute Gasteiger partial charge is 0.416 e. The lowest BCUT2D eigenvalue weighted by Crippen LogP contribution is -2.23. The van der Waals surface area contributed by atoms with Crippen LogP contribution in [0.1, 0.15) is 10.4 Å². The number of hydrogen-bond donors (Lipinski definition) is 2. The Labute approximate surface area is 152 Å². The zero-order valence-electron chi connectivity index (χ0n) is 13.4. The molecule has 27 heavy (non-hydrogen) atoms. The highest BCUT2D eigenvalue weighted by atomic mass is 32.1. The monoisotopic (exact) mass is 389 g/mol. The first-order valence-electron chi connectivity index (χ1n) is 7.68. The molecular formula is C18H10F3N3O2S. The molecule has 3 aromatic rings. The van der Waals surface area contributed by atoms with Crippen LogP contribution in [-0.4, -0.2) is 10.1 Å². The van der Waals surface area contributed by atoms with E-state index in [1.54, 1.807) is 30.3 Å². The minimum atomic E-state index is -4.43. The van der Waals surface area contributed by atoms with E-state index in [1.807, 2.05) is 0 Å². The van der Waals surface area contributed by atoms with Gasteiger partial charge in [0.2, 0.25) is 5.88 Å². The van der Waals surface area contributed by atoms with E-state index >= 15 is 0 Å². The minimum Gasteiger partial charge on any atom is -0.493 e. The van der Waals surface area contributed by atoms with Crippen LogP contribution in [0.2, 0.25) is 0 Å². The van der Waals surface area contributed by atoms with Crippen LogP contribution in [0.5, 0.6) is 5.88 Å². The quantitative estimate of drug-likeness (QED) is 0.652. The molecule has 2 N–H and O–H groups in total. The first-order valence-corrected chi connectivity index (χ1v) is 8.50. The van der Waals surface area contributed by atoms with Gasteiger partial charge in [-0.2, -0.15) is 13.2 Å². The normalized spacial score (nSPS) is 13.1. The molecule has 0 amide bonds. The van der Waals surface area contributed by atoms with Crippen molar-refractivity contribution in [2.24, 2.45) is 9.98 Å². The number of H-pyrrole nitrogens is 1. The summed E-state index contributed by atoms with van der Waals surface area (Å²) in [6, 6.07) is 10.2. The highest BCUT2D eigenvalue weighted by molar-refractivity contribution is 7.10. The third kappa shape index (κ3) is 3.41. The van der Waals surface area contributed by atoms with Crippen LogP contribution in [-0.2, 0) is 6.18 Å². The van der Waals surface area contributed by atoms with E-state index in [4.69, 9.17) is 0 Å². The molecule has 0 spiro atoms. The number of halogens is 3. The van der Waals surface area contributed by atoms with E-state index in [0.29, 0.717) is 21.3 Å². The summed E-state index contributed by atoms with van der Waals surface area (Å²) in [5.41, 5.74) is -0.767. The summed E-state index contributed by atoms with van der Waals surface area (Å²) in [5.74, 6) is 0.130. The van der Waals surface area contributed by atoms with E-state index in [9.17, 15) is 23.1 Å². The third-order valence-corrected chi connectivity index (χ3v) is 4.70. The number of thiazole rings is 1. The van der Waals surface area contributed by atoms with E-state index in [1.165, 1.54) is 6.07 Å². The number of benzene rings is 2. The number of rotatable bonds is 1. The van der Waals surface area contributed by atoms with Crippen molar-refractivity contribution in [3.05, 3.63) is 83.7 Å². The fourth-order valence-corrected chi connectivity index (χ4v) is 3.27. The maximum absolute atomic E-state index is 12.8. The standard InChI is InChI=1S/C18H10F3N3O2S/c19-18(20,21)11-5-6-12-13(8-11)23-15(22-12)10-3-1-9(2-4-10)7-14-16(25)24-17(26)27-14/h1-8,25H,(H,24,26). The predicted octanol–water partition coefficient (Wildman–Crippen LogP) is 1.01. The number of alkyl halides is 3. The number of nitrogens with zero attached hydrogens (tertiary/aromatic N) is 2. The van der Waals surface area contributed by atoms with Gasteiger partial charge in [0, 0.05) is 5.22 Å². The van der Waals surface area contributed by atoms with Gasteiger partial charge in [0.25, 0.3) is 0 Å². The van der Waals surface area contributed by atoms with Crippen LogP contribution in [0.15, 0.2) is 57.2 Å². The molecule has 0 radical (unpaired) electrons. The summed E-state index contributed by atoms with van der Waals surface area (Å²) in [7, 11) is 0. The van der Waals surface area contributed by atoms with Gasteiger partial charge >= 0.3 is 11.0 Å². The van der Waals surface area contributed by atoms with Crippen molar-refractivity contribution >= 4 is 23.2 Å². The predicted molar refractivity (Wildman–Crippen MR) is 93.0 cm³/mol. The second-order valence-electron chi connectivity index (χ2n) is 5.74. The van der Waals surface area contributed by atoms with Crippen molar-refractivity contribution in [2.45, 2.75) is 6.18 Å². The molecule has 0 aliphatic carbocycles. The molecule has 136 valence electrons. The first kappa shape index (κ1) is 17.2. The van der Waals surface area contributed by atoms with Crippen LogP contribution in [0, 0.1) is 0 Å². The van der Waals surface area contributed by atoms with Gasteiger partial charge in [0.15, 0.2) is 5.82 Å². The van der Waals surface area contributed by atoms with Crippen molar-refractivity contribution in [3.8, 4) is 5.88 Å². The Balaban J connectivity index is 1.77. The van der Waals surface area contributed by atoms with Crippen molar-refractivity contribution < 1.29 is 18.3 Å². The van der Waals surface area contributed by atoms with Gasteiger partial charge in [-0.25, -0.2) is 9.98 Å². The summed E-state index contributed by atoms with van der Waals surface area (Å²) in [6.07, 6.45) is -2.79. The molecule has 2 heterocycles. The minimum absolute atomic E-state index is 0.178. The molecule has 9 heteroatoms. The largest absolute Gasteiger partial charge is 0.493 e. The van der Waals surface area contributed by atoms with Crippen LogP contribution in [0.25, 0.3) is 11.9 Å². The number of fused-ring (bicyclic) bond motifs is 1. The van der Waals surface area contributed by atoms with Crippen LogP contribution in [0.3, 0.4) is 0 Å². The Morgan fingerprint density at radius 2 is 1.74 bits per heavy atom. The maximum atomic E-state index is 12.8. The molecule has 1 aromatic heterocycles. The number of hydrogen-bond acceptors (Lipinski definition) is 5. The molecular weight excluding hydrogens is 379 g/mol. The zero-order valence-corrected chi connectivity index (χ0v) is 14.2. The summed E-state index contributed by atoms with van der Waals surface area (Å²) in [5, 5.41) is 11.6. The Kier molecular flexibility index (Phi) is 3.96. The summed E-state index contributed by atoms with van der Waals surface area (Å²) in [4.78, 5) is 22.0. The van der Waals surface area contributed by atoms with E-state index in [2.05, 4.69) is 15.0 Å². The fraction of sp³-hybridized carbons (Fsp3) is 0.0556. The number of aromatic amines is 1. The third-order valence-electron chi connectivity index (χ3n) is 3.88. The van der Waals surface area contributed by atoms with Gasteiger partial charge in [0.05, 0.1) is 21.2 Å². The summed E-state index contributed by atoms with van der Waals surface area (Å²) >= 11 is 0.883. The Bertz CT molecular complexity index is 1330. The topological polar surface area (TPSA) is 77.8 Å². The summed E-state index contributed by atoms with van der Waals surface area (Å²) < 4.78 is 38.4. The molecule has 4 rings (SSSR count). The van der Waals surface area contributed by atoms with Crippen LogP contribution in [0.4, 0.5) is 13.2 Å². The Morgan fingerprint density at radius 1 is 1.04 bits per heavy atom. The maximum Gasteiger partial charge on any atom is 0.416 e. The molecule has 0 atom stereocenters. The van der Waals surface area contributed by atoms with E-state index in [0.717, 1.165) is 28.7 Å². The molecule has 0 unspecified atom stereocenters. The van der Waals surface area contributed by atoms with Crippen molar-refractivity contribution in [3.63, 3.8) is 0 Å². The van der Waals surface area contributed by atoms with Crippen molar-refractivity contribution in [1.82, 2.24) is 4.98 Å². The van der Waals surface area contributed by atoms with Crippen LogP contribution >= 0.6 is 11.3 Å². The summed E-state index contributed by atoms with van der Waals surface area (Å²) in [6.45, 7) is 0. The van der Waals surface area contributed by atoms with E-state index in [-0.39, 0.29) is 16.1 Å². The van der Waals surface area contributed by atoms with Crippen molar-refractivity contribution in [1.29, 1.82) is 0 Å². The number of aromatic hydroxyl groups is 1. The van der Waals surface area contributed by atoms with Gasteiger partial charge in [-0.3, -0.25) is 9.78 Å². The lowest BCUT2D eigenvalue weighted by Gasteiger charge is -2.04. The molecule has 5 nitrogen and oxygen atoms in total. The molecule has 0 bridgehead atoms. The average Bonchev–Trinajstić information content (AvgIpc) is 3.17. The first-order chi connectivity index (χ1) is 12.8. The molecule has 0 saturated carbocycles. The SMILES string of the molecule is O=c1[nH]c(O)c(C=c2ccc(=C3N=c4ccc(C(F)(F)F)cc4=N3)cc2)s1. The second-order valence-corrected chi connectivity index (χ2v) is 6.76. The highest BCUT2D eigenvalue weighted by Gasteiger charge is 2.30. The van der Waals surface area contributed by atoms with Crippen molar-refractivity contribution in [2.75, 3.05) is 0 Å². The average molecular weight is 389 g/mol. The van der Waals surface area contributed by atoms with Gasteiger partial charge < -0.3 is 5.11 Å². The lowest BCUT2D eigenvalue weighted by molar-refractivity contribution is -0.137. The Morgan fingerprint density at radius 3 is 2.37 bits per heavy atom. The molecule has 1 aliphatic rings. The van der Waals surface area contributed by atoms with Gasteiger partial charge in [-0.05, 0) is 29.5 Å². The zero-order chi connectivity index (χ0) is 19.2. The fourth-order valence-electron chi connectivity index (χ4n) is 2.58. The number of aromatic nitrogens is 1. The van der Waals surface area contributed by atoms with Crippen LogP contribution < -0.4 is 26.0 Å².